The highest BCUT2D eigenvalue weighted by Gasteiger charge is 2.42. The van der Waals surface area contributed by atoms with E-state index >= 15 is 0 Å². The zero-order chi connectivity index (χ0) is 20.3. The number of likely N-dealkylation sites (tertiary alicyclic amines) is 1. The molecule has 1 atom stereocenters. The smallest absolute Gasteiger partial charge is 0.251 e. The fourth-order valence-electron chi connectivity index (χ4n) is 4.31. The van der Waals surface area contributed by atoms with Gasteiger partial charge in [0, 0.05) is 31.7 Å². The number of ether oxygens (including phenoxy) is 1. The highest BCUT2D eigenvalue weighted by Crippen LogP contribution is 2.39. The Labute approximate surface area is 176 Å². The van der Waals surface area contributed by atoms with Gasteiger partial charge in [-0.1, -0.05) is 41.9 Å². The molecule has 2 fully saturated rings. The van der Waals surface area contributed by atoms with Gasteiger partial charge in [-0.3, -0.25) is 9.69 Å². The van der Waals surface area contributed by atoms with Crippen LogP contribution in [0, 0.1) is 5.82 Å². The van der Waals surface area contributed by atoms with Gasteiger partial charge in [-0.15, -0.1) is 0 Å². The van der Waals surface area contributed by atoms with Gasteiger partial charge in [0.25, 0.3) is 5.91 Å². The third-order valence-electron chi connectivity index (χ3n) is 6.03. The Hall–Kier alpha value is -1.95. The van der Waals surface area contributed by atoms with Gasteiger partial charge in [0.1, 0.15) is 5.82 Å². The Morgan fingerprint density at radius 2 is 1.93 bits per heavy atom. The van der Waals surface area contributed by atoms with E-state index in [1.165, 1.54) is 23.8 Å². The number of halogens is 2. The molecule has 0 aliphatic carbocycles. The van der Waals surface area contributed by atoms with Gasteiger partial charge in [0.15, 0.2) is 0 Å². The van der Waals surface area contributed by atoms with Crippen molar-refractivity contribution in [1.29, 1.82) is 0 Å². The van der Waals surface area contributed by atoms with Crippen LogP contribution in [0.25, 0.3) is 0 Å². The quantitative estimate of drug-likeness (QED) is 0.784. The molecule has 0 saturated carbocycles. The molecule has 1 amide bonds. The zero-order valence-corrected chi connectivity index (χ0v) is 17.1. The van der Waals surface area contributed by atoms with Gasteiger partial charge in [-0.2, -0.15) is 0 Å². The summed E-state index contributed by atoms with van der Waals surface area (Å²) in [5.41, 5.74) is 1.65. The molecule has 0 radical (unpaired) electrons. The van der Waals surface area contributed by atoms with E-state index in [0.717, 1.165) is 45.3 Å². The van der Waals surface area contributed by atoms with Crippen LogP contribution in [-0.2, 0) is 11.3 Å². The number of carbonyl (C=O) groups is 1. The van der Waals surface area contributed by atoms with E-state index in [0.29, 0.717) is 12.1 Å². The number of benzene rings is 2. The number of piperidine rings is 1. The number of nitrogens with one attached hydrogen (secondary N) is 1. The van der Waals surface area contributed by atoms with E-state index in [1.54, 1.807) is 0 Å². The second-order valence-electron chi connectivity index (χ2n) is 8.06. The van der Waals surface area contributed by atoms with Gasteiger partial charge in [-0.25, -0.2) is 4.39 Å². The van der Waals surface area contributed by atoms with Crippen LogP contribution in [-0.4, -0.2) is 42.1 Å². The lowest BCUT2D eigenvalue weighted by atomic mass is 9.88. The summed E-state index contributed by atoms with van der Waals surface area (Å²) in [6.07, 6.45) is 4.06. The molecule has 2 heterocycles. The van der Waals surface area contributed by atoms with Crippen molar-refractivity contribution < 1.29 is 13.9 Å². The molecule has 4 rings (SSSR count). The van der Waals surface area contributed by atoms with Crippen LogP contribution in [0.1, 0.15) is 41.6 Å². The minimum atomic E-state index is -0.525. The molecule has 29 heavy (non-hydrogen) atoms. The number of carbonyl (C=O) groups excluding carboxylic acids is 1. The molecule has 6 heteroatoms. The van der Waals surface area contributed by atoms with Crippen LogP contribution >= 0.6 is 11.6 Å². The van der Waals surface area contributed by atoms with E-state index in [4.69, 9.17) is 16.3 Å². The maximum absolute atomic E-state index is 13.3. The van der Waals surface area contributed by atoms with Crippen LogP contribution < -0.4 is 5.32 Å². The Morgan fingerprint density at radius 3 is 2.66 bits per heavy atom. The van der Waals surface area contributed by atoms with E-state index < -0.39 is 5.82 Å². The van der Waals surface area contributed by atoms with Crippen LogP contribution in [0.3, 0.4) is 0 Å². The van der Waals surface area contributed by atoms with Crippen LogP contribution in [0.5, 0.6) is 0 Å². The summed E-state index contributed by atoms with van der Waals surface area (Å²) < 4.78 is 19.6. The number of rotatable bonds is 5. The lowest BCUT2D eigenvalue weighted by Crippen LogP contribution is -2.44. The zero-order valence-electron chi connectivity index (χ0n) is 16.4. The Balaban J connectivity index is 1.24. The maximum Gasteiger partial charge on any atom is 0.251 e. The Kier molecular flexibility index (Phi) is 6.18. The van der Waals surface area contributed by atoms with E-state index in [1.807, 2.05) is 6.07 Å². The molecule has 2 aromatic carbocycles. The Morgan fingerprint density at radius 1 is 1.17 bits per heavy atom. The van der Waals surface area contributed by atoms with Crippen molar-refractivity contribution in [2.75, 3.05) is 19.6 Å². The summed E-state index contributed by atoms with van der Waals surface area (Å²) in [5, 5.41) is 2.85. The normalized spacial score (nSPS) is 21.4. The molecule has 154 valence electrons. The molecule has 1 N–H and O–H groups in total. The highest BCUT2D eigenvalue weighted by molar-refractivity contribution is 6.31. The molecule has 2 aliphatic rings. The first-order valence-corrected chi connectivity index (χ1v) is 10.6. The minimum Gasteiger partial charge on any atom is -0.370 e. The largest absolute Gasteiger partial charge is 0.370 e. The van der Waals surface area contributed by atoms with Crippen molar-refractivity contribution in [3.8, 4) is 0 Å². The summed E-state index contributed by atoms with van der Waals surface area (Å²) in [6.45, 7) is 3.50. The fraction of sp³-hybridized carbons (Fsp3) is 0.435. The highest BCUT2D eigenvalue weighted by atomic mass is 35.5. The molecule has 2 saturated heterocycles. The molecule has 4 nitrogen and oxygen atoms in total. The molecule has 1 spiro atoms. The summed E-state index contributed by atoms with van der Waals surface area (Å²) in [6, 6.07) is 14.6. The van der Waals surface area contributed by atoms with Crippen molar-refractivity contribution in [2.24, 2.45) is 0 Å². The number of hydrogen-bond donors (Lipinski definition) is 1. The van der Waals surface area contributed by atoms with Crippen LogP contribution in [0.15, 0.2) is 48.5 Å². The van der Waals surface area contributed by atoms with Crippen molar-refractivity contribution in [1.82, 2.24) is 10.2 Å². The van der Waals surface area contributed by atoms with Gasteiger partial charge < -0.3 is 10.1 Å². The Bertz CT molecular complexity index is 853. The fourth-order valence-corrected chi connectivity index (χ4v) is 4.49. The molecule has 2 aromatic rings. The predicted molar refractivity (Wildman–Crippen MR) is 112 cm³/mol. The third kappa shape index (κ3) is 4.97. The standard InChI is InChI=1S/C23H26ClFN2O2/c24-20-14-18(6-7-21(20)25)22(28)26-15-19-8-9-23(29-19)10-12-27(13-11-23)16-17-4-2-1-3-5-17/h1-7,14,19H,8-13,15-16H2,(H,26,28). The number of amides is 1. The maximum atomic E-state index is 13.3. The number of nitrogens with zero attached hydrogens (tertiary/aromatic N) is 1. The topological polar surface area (TPSA) is 41.6 Å². The van der Waals surface area contributed by atoms with E-state index in [-0.39, 0.29) is 22.6 Å². The van der Waals surface area contributed by atoms with Crippen molar-refractivity contribution in [3.05, 3.63) is 70.5 Å². The van der Waals surface area contributed by atoms with Gasteiger partial charge in [-0.05, 0) is 49.4 Å². The lowest BCUT2D eigenvalue weighted by Gasteiger charge is -2.39. The van der Waals surface area contributed by atoms with E-state index in [9.17, 15) is 9.18 Å². The van der Waals surface area contributed by atoms with Crippen molar-refractivity contribution >= 4 is 17.5 Å². The second kappa shape index (κ2) is 8.82. The van der Waals surface area contributed by atoms with Gasteiger partial charge >= 0.3 is 0 Å². The molecule has 1 unspecified atom stereocenters. The monoisotopic (exact) mass is 416 g/mol. The molecule has 0 bridgehead atoms. The minimum absolute atomic E-state index is 0.0237. The molecule has 2 aliphatic heterocycles. The average molecular weight is 417 g/mol. The predicted octanol–water partition coefficient (Wildman–Crippen LogP) is 4.42. The first kappa shape index (κ1) is 20.3. The number of hydrogen-bond acceptors (Lipinski definition) is 3. The first-order valence-electron chi connectivity index (χ1n) is 10.2. The summed E-state index contributed by atoms with van der Waals surface area (Å²) in [5.74, 6) is -0.781. The second-order valence-corrected chi connectivity index (χ2v) is 8.47. The third-order valence-corrected chi connectivity index (χ3v) is 6.32. The van der Waals surface area contributed by atoms with E-state index in [2.05, 4.69) is 34.5 Å². The van der Waals surface area contributed by atoms with Crippen molar-refractivity contribution in [2.45, 2.75) is 43.9 Å². The SMILES string of the molecule is O=C(NCC1CCC2(CCN(Cc3ccccc3)CC2)O1)c1ccc(F)c(Cl)c1. The van der Waals surface area contributed by atoms with Crippen molar-refractivity contribution in [3.63, 3.8) is 0 Å². The van der Waals surface area contributed by atoms with Crippen LogP contribution in [0.4, 0.5) is 4.39 Å². The van der Waals surface area contributed by atoms with Crippen LogP contribution in [0.2, 0.25) is 5.02 Å². The lowest BCUT2D eigenvalue weighted by molar-refractivity contribution is -0.0764. The van der Waals surface area contributed by atoms with Gasteiger partial charge in [0.05, 0.1) is 16.7 Å². The van der Waals surface area contributed by atoms with Gasteiger partial charge in [0.2, 0.25) is 0 Å². The summed E-state index contributed by atoms with van der Waals surface area (Å²) in [4.78, 5) is 14.8. The summed E-state index contributed by atoms with van der Waals surface area (Å²) in [7, 11) is 0. The molecular formula is C23H26ClFN2O2. The molecule has 0 aromatic heterocycles. The summed E-state index contributed by atoms with van der Waals surface area (Å²) >= 11 is 5.76. The average Bonchev–Trinajstić information content (AvgIpc) is 3.13. The molecular weight excluding hydrogens is 391 g/mol. The first-order chi connectivity index (χ1) is 14.0.